The van der Waals surface area contributed by atoms with Crippen molar-refractivity contribution < 1.29 is 19.4 Å². The SMILES string of the molecule is CC1=C[C@@H]2OC(=O)[C@H](C)[C@@H]2CC[C@]2(C)O[C@@H]2C[C@@H]1O. The average molecular weight is 266 g/mol. The molecule has 1 aliphatic carbocycles. The van der Waals surface area contributed by atoms with Crippen molar-refractivity contribution in [3.8, 4) is 0 Å². The van der Waals surface area contributed by atoms with Gasteiger partial charge < -0.3 is 14.6 Å². The van der Waals surface area contributed by atoms with Crippen LogP contribution in [0.4, 0.5) is 0 Å². The third kappa shape index (κ3) is 2.21. The smallest absolute Gasteiger partial charge is 0.309 e. The van der Waals surface area contributed by atoms with Crippen LogP contribution < -0.4 is 0 Å². The van der Waals surface area contributed by atoms with Gasteiger partial charge in [-0.15, -0.1) is 0 Å². The van der Waals surface area contributed by atoms with Crippen molar-refractivity contribution in [2.24, 2.45) is 11.8 Å². The maximum Gasteiger partial charge on any atom is 0.309 e. The lowest BCUT2D eigenvalue weighted by Crippen LogP contribution is -2.25. The maximum absolute atomic E-state index is 11.8. The summed E-state index contributed by atoms with van der Waals surface area (Å²) in [6.45, 7) is 5.94. The van der Waals surface area contributed by atoms with Crippen molar-refractivity contribution in [1.29, 1.82) is 0 Å². The minimum Gasteiger partial charge on any atom is -0.458 e. The first-order valence-electron chi connectivity index (χ1n) is 7.15. The van der Waals surface area contributed by atoms with Gasteiger partial charge in [-0.2, -0.15) is 0 Å². The minimum atomic E-state index is -0.500. The molecule has 0 saturated carbocycles. The van der Waals surface area contributed by atoms with E-state index in [9.17, 15) is 9.90 Å². The zero-order valence-electron chi connectivity index (χ0n) is 11.8. The van der Waals surface area contributed by atoms with E-state index in [-0.39, 0.29) is 35.6 Å². The van der Waals surface area contributed by atoms with Crippen LogP contribution in [0.5, 0.6) is 0 Å². The number of epoxide rings is 1. The van der Waals surface area contributed by atoms with Crippen LogP contribution in [0.3, 0.4) is 0 Å². The number of ether oxygens (including phenoxy) is 2. The van der Waals surface area contributed by atoms with Crippen LogP contribution in [0, 0.1) is 11.8 Å². The number of carbonyl (C=O) groups excluding carboxylic acids is 1. The first-order chi connectivity index (χ1) is 8.90. The molecule has 3 rings (SSSR count). The third-order valence-electron chi connectivity index (χ3n) is 5.09. The Balaban J connectivity index is 1.87. The Morgan fingerprint density at radius 2 is 2.21 bits per heavy atom. The van der Waals surface area contributed by atoms with Gasteiger partial charge in [-0.25, -0.2) is 0 Å². The van der Waals surface area contributed by atoms with E-state index >= 15 is 0 Å². The molecule has 2 heterocycles. The van der Waals surface area contributed by atoms with Crippen molar-refractivity contribution in [1.82, 2.24) is 0 Å². The van der Waals surface area contributed by atoms with Crippen LogP contribution in [-0.2, 0) is 14.3 Å². The molecular formula is C15H22O4. The summed E-state index contributed by atoms with van der Waals surface area (Å²) in [6, 6.07) is 0. The lowest BCUT2D eigenvalue weighted by molar-refractivity contribution is -0.142. The van der Waals surface area contributed by atoms with Gasteiger partial charge in [0.05, 0.1) is 23.7 Å². The zero-order chi connectivity index (χ0) is 13.8. The van der Waals surface area contributed by atoms with E-state index in [1.54, 1.807) is 0 Å². The molecule has 2 fully saturated rings. The van der Waals surface area contributed by atoms with Crippen molar-refractivity contribution in [2.45, 2.75) is 63.9 Å². The van der Waals surface area contributed by atoms with Gasteiger partial charge in [0.15, 0.2) is 0 Å². The summed E-state index contributed by atoms with van der Waals surface area (Å²) in [7, 11) is 0. The van der Waals surface area contributed by atoms with Crippen molar-refractivity contribution >= 4 is 5.97 Å². The van der Waals surface area contributed by atoms with Crippen molar-refractivity contribution in [3.05, 3.63) is 11.6 Å². The highest BCUT2D eigenvalue weighted by Crippen LogP contribution is 2.47. The number of fused-ring (bicyclic) bond motifs is 2. The number of hydrogen-bond acceptors (Lipinski definition) is 4. The highest BCUT2D eigenvalue weighted by Gasteiger charge is 2.54. The van der Waals surface area contributed by atoms with Crippen molar-refractivity contribution in [2.75, 3.05) is 0 Å². The molecule has 4 nitrogen and oxygen atoms in total. The Morgan fingerprint density at radius 3 is 2.95 bits per heavy atom. The van der Waals surface area contributed by atoms with E-state index in [0.717, 1.165) is 18.4 Å². The summed E-state index contributed by atoms with van der Waals surface area (Å²) in [5.74, 6) is 0.0204. The Bertz CT molecular complexity index is 430. The molecule has 2 aliphatic heterocycles. The summed E-state index contributed by atoms with van der Waals surface area (Å²) in [5, 5.41) is 10.2. The number of rotatable bonds is 0. The van der Waals surface area contributed by atoms with Crippen molar-refractivity contribution in [3.63, 3.8) is 0 Å². The molecule has 1 N–H and O–H groups in total. The molecule has 0 spiro atoms. The van der Waals surface area contributed by atoms with E-state index in [2.05, 4.69) is 6.92 Å². The monoisotopic (exact) mass is 266 g/mol. The van der Waals surface area contributed by atoms with Gasteiger partial charge >= 0.3 is 5.97 Å². The quantitative estimate of drug-likeness (QED) is 0.413. The third-order valence-corrected chi connectivity index (χ3v) is 5.09. The fourth-order valence-corrected chi connectivity index (χ4v) is 3.38. The molecule has 106 valence electrons. The predicted octanol–water partition coefficient (Wildman–Crippen LogP) is 1.81. The molecule has 0 aromatic carbocycles. The Hall–Kier alpha value is -0.870. The molecule has 0 unspecified atom stereocenters. The Kier molecular flexibility index (Phi) is 2.98. The first-order valence-corrected chi connectivity index (χ1v) is 7.15. The summed E-state index contributed by atoms with van der Waals surface area (Å²) < 4.78 is 11.2. The van der Waals surface area contributed by atoms with Crippen LogP contribution in [0.1, 0.15) is 40.0 Å². The number of aliphatic hydroxyl groups is 1. The molecule has 0 amide bonds. The molecule has 3 aliphatic rings. The second-order valence-corrected chi connectivity index (χ2v) is 6.47. The fourth-order valence-electron chi connectivity index (χ4n) is 3.38. The van der Waals surface area contributed by atoms with E-state index < -0.39 is 6.10 Å². The average Bonchev–Trinajstić information content (AvgIpc) is 2.89. The number of aliphatic hydroxyl groups excluding tert-OH is 1. The molecule has 0 radical (unpaired) electrons. The summed E-state index contributed by atoms with van der Waals surface area (Å²) in [5.41, 5.74) is 0.769. The zero-order valence-corrected chi connectivity index (χ0v) is 11.8. The highest BCUT2D eigenvalue weighted by molar-refractivity contribution is 5.75. The largest absolute Gasteiger partial charge is 0.458 e. The van der Waals surface area contributed by atoms with Crippen LogP contribution in [0.25, 0.3) is 0 Å². The molecule has 0 bridgehead atoms. The highest BCUT2D eigenvalue weighted by atomic mass is 16.6. The van der Waals surface area contributed by atoms with Gasteiger partial charge in [0.1, 0.15) is 6.10 Å². The minimum absolute atomic E-state index is 0.0635. The lowest BCUT2D eigenvalue weighted by atomic mass is 9.82. The fraction of sp³-hybridized carbons (Fsp3) is 0.800. The topological polar surface area (TPSA) is 59.1 Å². The summed E-state index contributed by atoms with van der Waals surface area (Å²) in [6.07, 6.45) is 3.90. The normalized spacial score (nSPS) is 49.8. The van der Waals surface area contributed by atoms with E-state index in [4.69, 9.17) is 9.47 Å². The van der Waals surface area contributed by atoms with E-state index in [1.807, 2.05) is 19.9 Å². The summed E-state index contributed by atoms with van der Waals surface area (Å²) in [4.78, 5) is 11.8. The van der Waals surface area contributed by atoms with E-state index in [1.165, 1.54) is 0 Å². The number of carbonyl (C=O) groups is 1. The predicted molar refractivity (Wildman–Crippen MR) is 69.4 cm³/mol. The number of hydrogen-bond donors (Lipinski definition) is 1. The Morgan fingerprint density at radius 1 is 1.47 bits per heavy atom. The lowest BCUT2D eigenvalue weighted by Gasteiger charge is -2.21. The molecular weight excluding hydrogens is 244 g/mol. The molecule has 4 heteroatoms. The molecule has 6 atom stereocenters. The van der Waals surface area contributed by atoms with Crippen LogP contribution in [0.15, 0.2) is 11.6 Å². The standard InChI is InChI=1S/C15H22O4/c1-8-6-12-10(9(2)14(17)18-12)4-5-15(3)13(19-15)7-11(8)16/h6,9-13,16H,4-5,7H2,1-3H3/t9-,10+,11+,12+,13-,15+/m1/s1. The van der Waals surface area contributed by atoms with E-state index in [0.29, 0.717) is 6.42 Å². The second kappa shape index (κ2) is 4.32. The molecule has 0 aromatic heterocycles. The maximum atomic E-state index is 11.8. The second-order valence-electron chi connectivity index (χ2n) is 6.47. The first kappa shape index (κ1) is 13.1. The molecule has 19 heavy (non-hydrogen) atoms. The summed E-state index contributed by atoms with van der Waals surface area (Å²) >= 11 is 0. The van der Waals surface area contributed by atoms with Gasteiger partial charge in [-0.3, -0.25) is 4.79 Å². The van der Waals surface area contributed by atoms with Gasteiger partial charge in [-0.1, -0.05) is 6.92 Å². The molecule has 0 aromatic rings. The van der Waals surface area contributed by atoms with Gasteiger partial charge in [-0.05, 0) is 38.3 Å². The van der Waals surface area contributed by atoms with Crippen LogP contribution in [0.2, 0.25) is 0 Å². The van der Waals surface area contributed by atoms with Gasteiger partial charge in [0.25, 0.3) is 0 Å². The number of esters is 1. The molecule has 2 saturated heterocycles. The Labute approximate surface area is 113 Å². The van der Waals surface area contributed by atoms with Gasteiger partial charge in [0, 0.05) is 12.3 Å². The van der Waals surface area contributed by atoms with Crippen LogP contribution >= 0.6 is 0 Å². The van der Waals surface area contributed by atoms with Gasteiger partial charge in [0.2, 0.25) is 0 Å². The van der Waals surface area contributed by atoms with Crippen LogP contribution in [-0.4, -0.2) is 35.0 Å².